The molecule has 0 fully saturated rings. The number of aryl methyl sites for hydroxylation is 1. The van der Waals surface area contributed by atoms with E-state index >= 15 is 0 Å². The van der Waals surface area contributed by atoms with Crippen LogP contribution in [0.1, 0.15) is 32.9 Å². The Labute approximate surface area is 179 Å². The van der Waals surface area contributed by atoms with E-state index in [1.165, 1.54) is 0 Å². The third-order valence-corrected chi connectivity index (χ3v) is 4.73. The smallest absolute Gasteiger partial charge is 0.312 e. The number of amides is 1. The number of carbonyl (C=O) groups excluding carboxylic acids is 1. The Balaban J connectivity index is 1.61. The third-order valence-electron chi connectivity index (χ3n) is 4.73. The summed E-state index contributed by atoms with van der Waals surface area (Å²) in [5, 5.41) is 26.8. The van der Waals surface area contributed by atoms with Gasteiger partial charge in [-0.25, -0.2) is 0 Å². The number of aromatic nitrogens is 2. The van der Waals surface area contributed by atoms with Crippen molar-refractivity contribution in [2.75, 3.05) is 6.61 Å². The largest absolute Gasteiger partial charge is 0.479 e. The second kappa shape index (κ2) is 9.54. The van der Waals surface area contributed by atoms with E-state index in [1.807, 2.05) is 12.1 Å². The molecule has 0 radical (unpaired) electrons. The molecule has 9 heteroatoms. The van der Waals surface area contributed by atoms with Crippen molar-refractivity contribution in [2.24, 2.45) is 0 Å². The van der Waals surface area contributed by atoms with Crippen molar-refractivity contribution in [3.63, 3.8) is 0 Å². The maximum absolute atomic E-state index is 12.4. The Kier molecular flexibility index (Phi) is 6.62. The lowest BCUT2D eigenvalue weighted by atomic mass is 10.1. The van der Waals surface area contributed by atoms with Crippen molar-refractivity contribution in [1.29, 1.82) is 5.26 Å². The Morgan fingerprint density at radius 1 is 1.23 bits per heavy atom. The highest BCUT2D eigenvalue weighted by molar-refractivity contribution is 5.94. The van der Waals surface area contributed by atoms with E-state index in [2.05, 4.69) is 10.4 Å². The number of nitrogens with one attached hydrogen (secondary N) is 1. The van der Waals surface area contributed by atoms with E-state index in [-0.39, 0.29) is 18.2 Å². The van der Waals surface area contributed by atoms with Crippen molar-refractivity contribution < 1.29 is 14.5 Å². The fourth-order valence-electron chi connectivity index (χ4n) is 3.19. The van der Waals surface area contributed by atoms with Gasteiger partial charge >= 0.3 is 5.69 Å². The van der Waals surface area contributed by atoms with Crippen LogP contribution in [0.3, 0.4) is 0 Å². The van der Waals surface area contributed by atoms with Gasteiger partial charge in [0.25, 0.3) is 5.91 Å². The standard InChI is InChI=1S/C22H21N5O4/c1-15-21(27(29)30)16(2)26(25-15)14-17-6-8-19(9-7-17)22(28)24-13-18-4-3-5-20(12-18)31-11-10-23/h3-9,12H,11,13-14H2,1-2H3,(H,24,28). The first kappa shape index (κ1) is 21.5. The summed E-state index contributed by atoms with van der Waals surface area (Å²) in [6, 6.07) is 16.1. The molecule has 3 rings (SSSR count). The molecule has 2 aromatic carbocycles. The van der Waals surface area contributed by atoms with E-state index in [4.69, 9.17) is 10.00 Å². The summed E-state index contributed by atoms with van der Waals surface area (Å²) >= 11 is 0. The summed E-state index contributed by atoms with van der Waals surface area (Å²) in [5.74, 6) is 0.346. The molecule has 1 aromatic heterocycles. The highest BCUT2D eigenvalue weighted by Crippen LogP contribution is 2.22. The van der Waals surface area contributed by atoms with Crippen molar-refractivity contribution in [2.45, 2.75) is 26.9 Å². The topological polar surface area (TPSA) is 123 Å². The number of carbonyl (C=O) groups is 1. The number of benzene rings is 2. The number of rotatable bonds is 8. The molecule has 0 unspecified atom stereocenters. The third kappa shape index (κ3) is 5.25. The van der Waals surface area contributed by atoms with Gasteiger partial charge in [0, 0.05) is 12.1 Å². The molecule has 31 heavy (non-hydrogen) atoms. The van der Waals surface area contributed by atoms with Gasteiger partial charge in [-0.05, 0) is 49.2 Å². The molecule has 0 aliphatic rings. The summed E-state index contributed by atoms with van der Waals surface area (Å²) in [5.41, 5.74) is 3.12. The molecule has 0 bridgehead atoms. The molecule has 9 nitrogen and oxygen atoms in total. The molecule has 0 spiro atoms. The summed E-state index contributed by atoms with van der Waals surface area (Å²) in [6.45, 7) is 3.94. The van der Waals surface area contributed by atoms with Crippen LogP contribution in [0, 0.1) is 35.3 Å². The second-order valence-electron chi connectivity index (χ2n) is 6.91. The van der Waals surface area contributed by atoms with Gasteiger partial charge in [-0.3, -0.25) is 19.6 Å². The van der Waals surface area contributed by atoms with Crippen LogP contribution >= 0.6 is 0 Å². The summed E-state index contributed by atoms with van der Waals surface area (Å²) in [6.07, 6.45) is 0. The van der Waals surface area contributed by atoms with Crippen LogP contribution in [0.5, 0.6) is 5.75 Å². The molecule has 0 atom stereocenters. The zero-order chi connectivity index (χ0) is 22.4. The van der Waals surface area contributed by atoms with Crippen LogP contribution in [0.15, 0.2) is 48.5 Å². The van der Waals surface area contributed by atoms with Gasteiger partial charge in [-0.2, -0.15) is 10.4 Å². The summed E-state index contributed by atoms with van der Waals surface area (Å²) in [7, 11) is 0. The van der Waals surface area contributed by atoms with Gasteiger partial charge in [0.1, 0.15) is 23.2 Å². The lowest BCUT2D eigenvalue weighted by molar-refractivity contribution is -0.386. The highest BCUT2D eigenvalue weighted by atomic mass is 16.6. The second-order valence-corrected chi connectivity index (χ2v) is 6.91. The Hall–Kier alpha value is -4.19. The monoisotopic (exact) mass is 419 g/mol. The van der Waals surface area contributed by atoms with Crippen LogP contribution in [0.4, 0.5) is 5.69 Å². The first-order chi connectivity index (χ1) is 14.9. The Morgan fingerprint density at radius 2 is 1.97 bits per heavy atom. The lowest BCUT2D eigenvalue weighted by Gasteiger charge is -2.09. The highest BCUT2D eigenvalue weighted by Gasteiger charge is 2.21. The molecule has 3 aromatic rings. The molecule has 158 valence electrons. The van der Waals surface area contributed by atoms with Gasteiger partial charge in [0.15, 0.2) is 6.61 Å². The molecule has 1 amide bonds. The quantitative estimate of drug-likeness (QED) is 0.441. The SMILES string of the molecule is Cc1nn(Cc2ccc(C(=O)NCc3cccc(OCC#N)c3)cc2)c(C)c1[N+](=O)[O-]. The van der Waals surface area contributed by atoms with Gasteiger partial charge in [-0.1, -0.05) is 24.3 Å². The Bertz CT molecular complexity index is 1150. The van der Waals surface area contributed by atoms with Crippen LogP contribution in [-0.4, -0.2) is 27.2 Å². The van der Waals surface area contributed by atoms with Gasteiger partial charge in [-0.15, -0.1) is 0 Å². The van der Waals surface area contributed by atoms with Crippen molar-refractivity contribution in [1.82, 2.24) is 15.1 Å². The van der Waals surface area contributed by atoms with Crippen molar-refractivity contribution in [3.8, 4) is 11.8 Å². The molecule has 0 saturated carbocycles. The molecule has 0 aliphatic heterocycles. The minimum absolute atomic E-state index is 0.0260. The molecular formula is C22H21N5O4. The van der Waals surface area contributed by atoms with Crippen LogP contribution in [0.25, 0.3) is 0 Å². The lowest BCUT2D eigenvalue weighted by Crippen LogP contribution is -2.22. The molecular weight excluding hydrogens is 398 g/mol. The molecule has 0 aliphatic carbocycles. The number of hydrogen-bond donors (Lipinski definition) is 1. The van der Waals surface area contributed by atoms with Crippen LogP contribution in [-0.2, 0) is 13.1 Å². The number of nitro groups is 1. The van der Waals surface area contributed by atoms with E-state index in [0.29, 0.717) is 35.8 Å². The maximum Gasteiger partial charge on any atom is 0.312 e. The first-order valence-electron chi connectivity index (χ1n) is 9.53. The normalized spacial score (nSPS) is 10.4. The predicted octanol–water partition coefficient (Wildman–Crippen LogP) is 3.29. The number of ether oxygens (including phenoxy) is 1. The zero-order valence-corrected chi connectivity index (χ0v) is 17.2. The Morgan fingerprint density at radius 3 is 2.61 bits per heavy atom. The number of nitrogens with zero attached hydrogens (tertiary/aromatic N) is 4. The van der Waals surface area contributed by atoms with Gasteiger partial charge < -0.3 is 10.1 Å². The van der Waals surface area contributed by atoms with Crippen LogP contribution in [0.2, 0.25) is 0 Å². The fraction of sp³-hybridized carbons (Fsp3) is 0.227. The average molecular weight is 419 g/mol. The van der Waals surface area contributed by atoms with Crippen molar-refractivity contribution >= 4 is 11.6 Å². The van der Waals surface area contributed by atoms with E-state index in [1.54, 1.807) is 61.0 Å². The summed E-state index contributed by atoms with van der Waals surface area (Å²) in [4.78, 5) is 23.2. The fourth-order valence-corrected chi connectivity index (χ4v) is 3.19. The minimum Gasteiger partial charge on any atom is -0.479 e. The molecule has 1 N–H and O–H groups in total. The van der Waals surface area contributed by atoms with Gasteiger partial charge in [0.05, 0.1) is 11.5 Å². The first-order valence-corrected chi connectivity index (χ1v) is 9.53. The average Bonchev–Trinajstić information content (AvgIpc) is 3.04. The van der Waals surface area contributed by atoms with E-state index in [9.17, 15) is 14.9 Å². The minimum atomic E-state index is -0.424. The molecule has 0 saturated heterocycles. The van der Waals surface area contributed by atoms with Crippen LogP contribution < -0.4 is 10.1 Å². The van der Waals surface area contributed by atoms with E-state index < -0.39 is 4.92 Å². The van der Waals surface area contributed by atoms with E-state index in [0.717, 1.165) is 11.1 Å². The van der Waals surface area contributed by atoms with Crippen molar-refractivity contribution in [3.05, 3.63) is 86.7 Å². The predicted molar refractivity (Wildman–Crippen MR) is 113 cm³/mol. The molecule has 1 heterocycles. The summed E-state index contributed by atoms with van der Waals surface area (Å²) < 4.78 is 6.85. The van der Waals surface area contributed by atoms with Gasteiger partial charge in [0.2, 0.25) is 0 Å². The number of nitriles is 1. The number of hydrogen-bond acceptors (Lipinski definition) is 6. The maximum atomic E-state index is 12.4. The zero-order valence-electron chi connectivity index (χ0n) is 17.2.